The Hall–Kier alpha value is -1.81. The molecule has 2 rings (SSSR count). The number of halogens is 1. The maximum absolute atomic E-state index is 12.4. The van der Waals surface area contributed by atoms with Crippen LogP contribution < -0.4 is 0 Å². The topological polar surface area (TPSA) is 46.3 Å². The Bertz CT molecular complexity index is 547. The number of amides is 1. The van der Waals surface area contributed by atoms with Crippen molar-refractivity contribution >= 4 is 17.5 Å². The third-order valence-corrected chi connectivity index (χ3v) is 2.96. The zero-order chi connectivity index (χ0) is 13.8. The largest absolute Gasteiger partial charge is 0.467 e. The number of aryl methyl sites for hydroxylation is 1. The molecule has 0 radical (unpaired) electrons. The van der Waals surface area contributed by atoms with Crippen LogP contribution in [0, 0.1) is 6.92 Å². The number of nitrogens with zero attached hydrogens (tertiary/aromatic N) is 2. The average molecular weight is 279 g/mol. The zero-order valence-electron chi connectivity index (χ0n) is 10.9. The van der Waals surface area contributed by atoms with E-state index in [1.54, 1.807) is 29.4 Å². The predicted molar refractivity (Wildman–Crippen MR) is 73.1 cm³/mol. The van der Waals surface area contributed by atoms with Gasteiger partial charge in [-0.3, -0.25) is 4.79 Å². The summed E-state index contributed by atoms with van der Waals surface area (Å²) in [7, 11) is 0. The summed E-state index contributed by atoms with van der Waals surface area (Å²) in [6.07, 6.45) is 1.60. The fourth-order valence-electron chi connectivity index (χ4n) is 1.85. The van der Waals surface area contributed by atoms with E-state index in [9.17, 15) is 4.79 Å². The first-order chi connectivity index (χ1) is 9.10. The number of hydrogen-bond acceptors (Lipinski definition) is 3. The molecule has 0 aliphatic rings. The second-order valence-electron chi connectivity index (χ2n) is 4.22. The van der Waals surface area contributed by atoms with E-state index >= 15 is 0 Å². The van der Waals surface area contributed by atoms with Gasteiger partial charge in [0.1, 0.15) is 10.9 Å². The maximum atomic E-state index is 12.4. The van der Waals surface area contributed by atoms with Crippen molar-refractivity contribution in [3.05, 3.63) is 52.7 Å². The van der Waals surface area contributed by atoms with Gasteiger partial charge in [-0.2, -0.15) is 0 Å². The van der Waals surface area contributed by atoms with Gasteiger partial charge in [-0.15, -0.1) is 0 Å². The molecule has 1 amide bonds. The van der Waals surface area contributed by atoms with E-state index in [-0.39, 0.29) is 5.91 Å². The molecule has 0 spiro atoms. The Morgan fingerprint density at radius 3 is 2.84 bits per heavy atom. The van der Waals surface area contributed by atoms with E-state index in [0.717, 1.165) is 11.5 Å². The van der Waals surface area contributed by atoms with Crippen LogP contribution in [0.3, 0.4) is 0 Å². The van der Waals surface area contributed by atoms with Gasteiger partial charge in [0.25, 0.3) is 5.91 Å². The third kappa shape index (κ3) is 3.35. The van der Waals surface area contributed by atoms with Gasteiger partial charge in [-0.25, -0.2) is 4.98 Å². The highest BCUT2D eigenvalue weighted by molar-refractivity contribution is 6.29. The van der Waals surface area contributed by atoms with Crippen molar-refractivity contribution in [2.45, 2.75) is 20.4 Å². The second-order valence-corrected chi connectivity index (χ2v) is 4.61. The highest BCUT2D eigenvalue weighted by Crippen LogP contribution is 2.14. The van der Waals surface area contributed by atoms with Crippen LogP contribution in [0.4, 0.5) is 0 Å². The Kier molecular flexibility index (Phi) is 4.22. The number of furan rings is 1. The number of carbonyl (C=O) groups is 1. The van der Waals surface area contributed by atoms with Crippen LogP contribution in [0.25, 0.3) is 0 Å². The van der Waals surface area contributed by atoms with Crippen molar-refractivity contribution in [3.63, 3.8) is 0 Å². The van der Waals surface area contributed by atoms with Crippen molar-refractivity contribution in [3.8, 4) is 0 Å². The molecule has 0 saturated heterocycles. The SMILES string of the molecule is CCN(Cc1ccco1)C(=O)c1cc(C)nc(Cl)c1. The average Bonchev–Trinajstić information content (AvgIpc) is 2.86. The molecular formula is C14H15ClN2O2. The zero-order valence-corrected chi connectivity index (χ0v) is 11.6. The lowest BCUT2D eigenvalue weighted by Gasteiger charge is -2.19. The quantitative estimate of drug-likeness (QED) is 0.806. The molecule has 0 atom stereocenters. The minimum Gasteiger partial charge on any atom is -0.467 e. The first-order valence-electron chi connectivity index (χ1n) is 6.06. The van der Waals surface area contributed by atoms with Gasteiger partial charge in [0.05, 0.1) is 12.8 Å². The molecule has 0 unspecified atom stereocenters. The first-order valence-corrected chi connectivity index (χ1v) is 6.43. The van der Waals surface area contributed by atoms with Crippen LogP contribution in [0.1, 0.15) is 28.7 Å². The van der Waals surface area contributed by atoms with Gasteiger partial charge < -0.3 is 9.32 Å². The summed E-state index contributed by atoms with van der Waals surface area (Å²) in [4.78, 5) is 18.2. The lowest BCUT2D eigenvalue weighted by molar-refractivity contribution is 0.0741. The Morgan fingerprint density at radius 2 is 2.26 bits per heavy atom. The number of pyridine rings is 1. The molecule has 0 fully saturated rings. The summed E-state index contributed by atoms with van der Waals surface area (Å²) in [5.41, 5.74) is 1.27. The summed E-state index contributed by atoms with van der Waals surface area (Å²) in [6, 6.07) is 6.97. The molecule has 0 bridgehead atoms. The second kappa shape index (κ2) is 5.89. The van der Waals surface area contributed by atoms with Crippen LogP contribution in [0.5, 0.6) is 0 Å². The van der Waals surface area contributed by atoms with Crippen molar-refractivity contribution in [1.29, 1.82) is 0 Å². The van der Waals surface area contributed by atoms with E-state index in [1.165, 1.54) is 0 Å². The number of rotatable bonds is 4. The molecule has 4 nitrogen and oxygen atoms in total. The Labute approximate surface area is 117 Å². The van der Waals surface area contributed by atoms with E-state index in [4.69, 9.17) is 16.0 Å². The van der Waals surface area contributed by atoms with E-state index in [0.29, 0.717) is 23.8 Å². The molecule has 2 heterocycles. The first kappa shape index (κ1) is 13.6. The maximum Gasteiger partial charge on any atom is 0.254 e. The van der Waals surface area contributed by atoms with Crippen molar-refractivity contribution in [1.82, 2.24) is 9.88 Å². The molecule has 2 aromatic rings. The third-order valence-electron chi connectivity index (χ3n) is 2.76. The van der Waals surface area contributed by atoms with Gasteiger partial charge >= 0.3 is 0 Å². The lowest BCUT2D eigenvalue weighted by atomic mass is 10.2. The molecule has 0 aliphatic carbocycles. The minimum atomic E-state index is -0.0775. The van der Waals surface area contributed by atoms with Crippen LogP contribution >= 0.6 is 11.6 Å². The van der Waals surface area contributed by atoms with Gasteiger partial charge in [0.15, 0.2) is 0 Å². The Morgan fingerprint density at radius 1 is 1.47 bits per heavy atom. The predicted octanol–water partition coefficient (Wildman–Crippen LogP) is 3.30. The molecule has 0 saturated carbocycles. The molecular weight excluding hydrogens is 264 g/mol. The van der Waals surface area contributed by atoms with Gasteiger partial charge in [-0.1, -0.05) is 11.6 Å². The van der Waals surface area contributed by atoms with Crippen LogP contribution in [0.2, 0.25) is 5.15 Å². The minimum absolute atomic E-state index is 0.0775. The van der Waals surface area contributed by atoms with E-state index < -0.39 is 0 Å². The van der Waals surface area contributed by atoms with Crippen molar-refractivity contribution in [2.24, 2.45) is 0 Å². The normalized spacial score (nSPS) is 10.5. The smallest absolute Gasteiger partial charge is 0.254 e. The van der Waals surface area contributed by atoms with Gasteiger partial charge in [-0.05, 0) is 38.1 Å². The molecule has 19 heavy (non-hydrogen) atoms. The summed E-state index contributed by atoms with van der Waals surface area (Å²) in [6.45, 7) is 4.78. The summed E-state index contributed by atoms with van der Waals surface area (Å²) < 4.78 is 5.27. The fraction of sp³-hybridized carbons (Fsp3) is 0.286. The summed E-state index contributed by atoms with van der Waals surface area (Å²) >= 11 is 5.88. The van der Waals surface area contributed by atoms with Gasteiger partial charge in [0, 0.05) is 17.8 Å². The monoisotopic (exact) mass is 278 g/mol. The Balaban J connectivity index is 2.20. The summed E-state index contributed by atoms with van der Waals surface area (Å²) in [5.74, 6) is 0.679. The molecule has 0 aromatic carbocycles. The van der Waals surface area contributed by atoms with Crippen LogP contribution in [0.15, 0.2) is 34.9 Å². The highest BCUT2D eigenvalue weighted by Gasteiger charge is 2.16. The van der Waals surface area contributed by atoms with Crippen molar-refractivity contribution in [2.75, 3.05) is 6.54 Å². The number of carbonyl (C=O) groups excluding carboxylic acids is 1. The van der Waals surface area contributed by atoms with Gasteiger partial charge in [0.2, 0.25) is 0 Å². The molecule has 5 heteroatoms. The summed E-state index contributed by atoms with van der Waals surface area (Å²) in [5, 5.41) is 0.331. The number of hydrogen-bond donors (Lipinski definition) is 0. The molecule has 100 valence electrons. The van der Waals surface area contributed by atoms with Crippen LogP contribution in [-0.2, 0) is 6.54 Å². The van der Waals surface area contributed by atoms with Crippen LogP contribution in [-0.4, -0.2) is 22.3 Å². The molecule has 2 aromatic heterocycles. The lowest BCUT2D eigenvalue weighted by Crippen LogP contribution is -2.30. The fourth-order valence-corrected chi connectivity index (χ4v) is 2.10. The van der Waals surface area contributed by atoms with E-state index in [1.807, 2.05) is 19.9 Å². The molecule has 0 N–H and O–H groups in total. The number of aromatic nitrogens is 1. The van der Waals surface area contributed by atoms with E-state index in [2.05, 4.69) is 4.98 Å². The molecule has 0 aliphatic heterocycles. The standard InChI is InChI=1S/C14H15ClN2O2/c1-3-17(9-12-5-4-6-19-12)14(18)11-7-10(2)16-13(15)8-11/h4-8H,3,9H2,1-2H3. The van der Waals surface area contributed by atoms with Crippen molar-refractivity contribution < 1.29 is 9.21 Å². The highest BCUT2D eigenvalue weighted by atomic mass is 35.5.